The van der Waals surface area contributed by atoms with Gasteiger partial charge in [-0.25, -0.2) is 9.78 Å². The van der Waals surface area contributed by atoms with Gasteiger partial charge in [-0.05, 0) is 44.0 Å². The molecule has 5 nitrogen and oxygen atoms in total. The number of ether oxygens (including phenoxy) is 1. The van der Waals surface area contributed by atoms with Crippen molar-refractivity contribution in [2.75, 3.05) is 5.32 Å². The van der Waals surface area contributed by atoms with Crippen LogP contribution in [-0.4, -0.2) is 23.0 Å². The summed E-state index contributed by atoms with van der Waals surface area (Å²) in [5, 5.41) is 5.04. The Kier molecular flexibility index (Phi) is 5.66. The fraction of sp³-hybridized carbons (Fsp3) is 0.190. The van der Waals surface area contributed by atoms with Crippen LogP contribution < -0.4 is 5.32 Å². The lowest BCUT2D eigenvalue weighted by Crippen LogP contribution is -2.30. The first-order chi connectivity index (χ1) is 12.9. The van der Waals surface area contributed by atoms with Crippen molar-refractivity contribution in [3.63, 3.8) is 0 Å². The standard InChI is InChI=1S/C21H20N2O3S/c1-13-9-10-17(11-14(13)2)20(25)26-15(3)19(24)23-21-22-18(12-27-21)16-7-5-4-6-8-16/h4-12,15H,1-3H3,(H,22,23,24)/t15-/m1/s1. The smallest absolute Gasteiger partial charge is 0.338 e. The van der Waals surface area contributed by atoms with Gasteiger partial charge in [0.2, 0.25) is 0 Å². The average molecular weight is 380 g/mol. The van der Waals surface area contributed by atoms with Gasteiger partial charge in [-0.15, -0.1) is 11.3 Å². The van der Waals surface area contributed by atoms with E-state index in [9.17, 15) is 9.59 Å². The molecule has 1 aromatic heterocycles. The fourth-order valence-electron chi connectivity index (χ4n) is 2.43. The molecular formula is C21H20N2O3S. The minimum atomic E-state index is -0.928. The monoisotopic (exact) mass is 380 g/mol. The third-order valence-electron chi connectivity index (χ3n) is 4.20. The first kappa shape index (κ1) is 18.8. The number of rotatable bonds is 5. The number of aromatic nitrogens is 1. The van der Waals surface area contributed by atoms with Gasteiger partial charge in [0, 0.05) is 10.9 Å². The summed E-state index contributed by atoms with van der Waals surface area (Å²) in [6.07, 6.45) is -0.928. The molecule has 0 aliphatic rings. The van der Waals surface area contributed by atoms with Crippen molar-refractivity contribution < 1.29 is 14.3 Å². The van der Waals surface area contributed by atoms with Crippen molar-refractivity contribution in [3.05, 3.63) is 70.6 Å². The minimum Gasteiger partial charge on any atom is -0.449 e. The number of carbonyl (C=O) groups is 2. The predicted molar refractivity (Wildman–Crippen MR) is 107 cm³/mol. The minimum absolute atomic E-state index is 0.416. The first-order valence-electron chi connectivity index (χ1n) is 8.54. The molecule has 3 aromatic rings. The number of hydrogen-bond acceptors (Lipinski definition) is 5. The molecule has 1 heterocycles. The van der Waals surface area contributed by atoms with Crippen molar-refractivity contribution in [1.82, 2.24) is 4.98 Å². The summed E-state index contributed by atoms with van der Waals surface area (Å²) >= 11 is 1.33. The van der Waals surface area contributed by atoms with Crippen LogP contribution in [-0.2, 0) is 9.53 Å². The molecule has 0 radical (unpaired) electrons. The number of amides is 1. The normalized spacial score (nSPS) is 11.7. The van der Waals surface area contributed by atoms with Crippen LogP contribution in [0.3, 0.4) is 0 Å². The fourth-order valence-corrected chi connectivity index (χ4v) is 3.15. The van der Waals surface area contributed by atoms with Gasteiger partial charge in [0.25, 0.3) is 5.91 Å². The van der Waals surface area contributed by atoms with Gasteiger partial charge in [-0.3, -0.25) is 10.1 Å². The second-order valence-electron chi connectivity index (χ2n) is 6.24. The highest BCUT2D eigenvalue weighted by Crippen LogP contribution is 2.24. The lowest BCUT2D eigenvalue weighted by molar-refractivity contribution is -0.123. The van der Waals surface area contributed by atoms with Crippen LogP contribution >= 0.6 is 11.3 Å². The molecule has 1 atom stereocenters. The average Bonchev–Trinajstić information content (AvgIpc) is 3.13. The maximum absolute atomic E-state index is 12.3. The van der Waals surface area contributed by atoms with Crippen LogP contribution in [0.2, 0.25) is 0 Å². The lowest BCUT2D eigenvalue weighted by atomic mass is 10.1. The van der Waals surface area contributed by atoms with E-state index >= 15 is 0 Å². The van der Waals surface area contributed by atoms with Crippen molar-refractivity contribution >= 4 is 28.3 Å². The Hall–Kier alpha value is -2.99. The Morgan fingerprint density at radius 3 is 2.52 bits per heavy atom. The van der Waals surface area contributed by atoms with E-state index in [1.54, 1.807) is 19.1 Å². The van der Waals surface area contributed by atoms with Crippen LogP contribution in [0.5, 0.6) is 0 Å². The molecule has 0 saturated heterocycles. The maximum Gasteiger partial charge on any atom is 0.338 e. The summed E-state index contributed by atoms with van der Waals surface area (Å²) in [5.74, 6) is -0.939. The van der Waals surface area contributed by atoms with Gasteiger partial charge >= 0.3 is 5.97 Å². The van der Waals surface area contributed by atoms with E-state index in [2.05, 4.69) is 10.3 Å². The number of aryl methyl sites for hydroxylation is 2. The van der Waals surface area contributed by atoms with Crippen LogP contribution in [0.15, 0.2) is 53.9 Å². The summed E-state index contributed by atoms with van der Waals surface area (Å²) in [6, 6.07) is 15.0. The largest absolute Gasteiger partial charge is 0.449 e. The summed E-state index contributed by atoms with van der Waals surface area (Å²) in [5.41, 5.74) is 4.28. The number of nitrogens with zero attached hydrogens (tertiary/aromatic N) is 1. The molecule has 0 saturated carbocycles. The van der Waals surface area contributed by atoms with Gasteiger partial charge < -0.3 is 4.74 Å². The summed E-state index contributed by atoms with van der Waals surface area (Å²) in [6.45, 7) is 5.44. The molecule has 0 aliphatic carbocycles. The topological polar surface area (TPSA) is 68.3 Å². The highest BCUT2D eigenvalue weighted by Gasteiger charge is 2.20. The number of benzene rings is 2. The highest BCUT2D eigenvalue weighted by atomic mass is 32.1. The van der Waals surface area contributed by atoms with Gasteiger partial charge in [0.05, 0.1) is 11.3 Å². The lowest BCUT2D eigenvalue weighted by Gasteiger charge is -2.13. The summed E-state index contributed by atoms with van der Waals surface area (Å²) < 4.78 is 5.28. The second-order valence-corrected chi connectivity index (χ2v) is 7.10. The predicted octanol–water partition coefficient (Wildman–Crippen LogP) is 4.61. The third-order valence-corrected chi connectivity index (χ3v) is 4.96. The molecular weight excluding hydrogens is 360 g/mol. The Bertz CT molecular complexity index is 967. The van der Waals surface area contributed by atoms with E-state index in [1.807, 2.05) is 55.6 Å². The number of carbonyl (C=O) groups excluding carboxylic acids is 2. The van der Waals surface area contributed by atoms with E-state index in [0.717, 1.165) is 22.4 Å². The van der Waals surface area contributed by atoms with Crippen LogP contribution in [0.4, 0.5) is 5.13 Å². The molecule has 0 bridgehead atoms. The molecule has 1 amide bonds. The number of esters is 1. The van der Waals surface area contributed by atoms with Gasteiger partial charge in [0.1, 0.15) is 0 Å². The van der Waals surface area contributed by atoms with Gasteiger partial charge in [0.15, 0.2) is 11.2 Å². The van der Waals surface area contributed by atoms with Crippen molar-refractivity contribution in [3.8, 4) is 11.3 Å². The maximum atomic E-state index is 12.3. The number of nitrogens with one attached hydrogen (secondary N) is 1. The molecule has 2 aromatic carbocycles. The molecule has 3 rings (SSSR count). The van der Waals surface area contributed by atoms with Crippen molar-refractivity contribution in [1.29, 1.82) is 0 Å². The zero-order valence-electron chi connectivity index (χ0n) is 15.4. The molecule has 1 N–H and O–H groups in total. The Balaban J connectivity index is 1.61. The van der Waals surface area contributed by atoms with Crippen molar-refractivity contribution in [2.45, 2.75) is 26.9 Å². The molecule has 27 heavy (non-hydrogen) atoms. The van der Waals surface area contributed by atoms with E-state index in [0.29, 0.717) is 10.7 Å². The van der Waals surface area contributed by atoms with Crippen LogP contribution in [0.1, 0.15) is 28.4 Å². The molecule has 0 fully saturated rings. The summed E-state index contributed by atoms with van der Waals surface area (Å²) in [4.78, 5) is 29.0. The van der Waals surface area contributed by atoms with Crippen LogP contribution in [0, 0.1) is 13.8 Å². The van der Waals surface area contributed by atoms with Crippen molar-refractivity contribution in [2.24, 2.45) is 0 Å². The van der Waals surface area contributed by atoms with E-state index in [4.69, 9.17) is 4.74 Å². The molecule has 0 aliphatic heterocycles. The number of hydrogen-bond donors (Lipinski definition) is 1. The molecule has 0 unspecified atom stereocenters. The Morgan fingerprint density at radius 2 is 1.81 bits per heavy atom. The van der Waals surface area contributed by atoms with E-state index in [-0.39, 0.29) is 0 Å². The molecule has 6 heteroatoms. The third kappa shape index (κ3) is 4.60. The summed E-state index contributed by atoms with van der Waals surface area (Å²) in [7, 11) is 0. The molecule has 138 valence electrons. The molecule has 0 spiro atoms. The van der Waals surface area contributed by atoms with Gasteiger partial charge in [-0.1, -0.05) is 36.4 Å². The van der Waals surface area contributed by atoms with E-state index in [1.165, 1.54) is 11.3 Å². The Morgan fingerprint density at radius 1 is 1.07 bits per heavy atom. The van der Waals surface area contributed by atoms with Gasteiger partial charge in [-0.2, -0.15) is 0 Å². The quantitative estimate of drug-likeness (QED) is 0.656. The zero-order valence-corrected chi connectivity index (χ0v) is 16.2. The number of thiazole rings is 1. The van der Waals surface area contributed by atoms with Crippen LogP contribution in [0.25, 0.3) is 11.3 Å². The number of anilines is 1. The highest BCUT2D eigenvalue weighted by molar-refractivity contribution is 7.14. The second kappa shape index (κ2) is 8.14. The Labute approximate surface area is 162 Å². The first-order valence-corrected chi connectivity index (χ1v) is 9.42. The van der Waals surface area contributed by atoms with E-state index < -0.39 is 18.0 Å². The SMILES string of the molecule is Cc1ccc(C(=O)O[C@H](C)C(=O)Nc2nc(-c3ccccc3)cs2)cc1C. The zero-order chi connectivity index (χ0) is 19.4.